The summed E-state index contributed by atoms with van der Waals surface area (Å²) in [6.45, 7) is 4.54. The number of rotatable bonds is 15. The summed E-state index contributed by atoms with van der Waals surface area (Å²) < 4.78 is 5.77. The summed E-state index contributed by atoms with van der Waals surface area (Å²) in [6, 6.07) is 9.11. The zero-order valence-electron chi connectivity index (χ0n) is 21.7. The monoisotopic (exact) mass is 454 g/mol. The molecule has 2 heteroatoms. The molecule has 1 aromatic carbocycles. The van der Waals surface area contributed by atoms with Gasteiger partial charge in [-0.25, -0.2) is 0 Å². The third kappa shape index (κ3) is 8.76. The summed E-state index contributed by atoms with van der Waals surface area (Å²) >= 11 is 0. The Morgan fingerprint density at radius 3 is 1.88 bits per heavy atom. The van der Waals surface area contributed by atoms with Crippen molar-refractivity contribution in [2.45, 2.75) is 141 Å². The van der Waals surface area contributed by atoms with Gasteiger partial charge in [-0.1, -0.05) is 115 Å². The van der Waals surface area contributed by atoms with Gasteiger partial charge in [-0.15, -0.1) is 0 Å². The average molecular weight is 455 g/mol. The van der Waals surface area contributed by atoms with Crippen LogP contribution in [0.3, 0.4) is 0 Å². The molecule has 1 aliphatic heterocycles. The van der Waals surface area contributed by atoms with Crippen LogP contribution in [0.2, 0.25) is 0 Å². The molecule has 3 rings (SSSR count). The van der Waals surface area contributed by atoms with Crippen LogP contribution < -0.4 is 0 Å². The van der Waals surface area contributed by atoms with Gasteiger partial charge in [0.2, 0.25) is 0 Å². The predicted octanol–water partition coefficient (Wildman–Crippen LogP) is 9.68. The lowest BCUT2D eigenvalue weighted by Crippen LogP contribution is -2.13. The van der Waals surface area contributed by atoms with Crippen molar-refractivity contribution >= 4 is 5.97 Å². The molecule has 0 aromatic heterocycles. The van der Waals surface area contributed by atoms with Crippen LogP contribution in [0.15, 0.2) is 24.3 Å². The number of esters is 1. The zero-order chi connectivity index (χ0) is 23.3. The van der Waals surface area contributed by atoms with Crippen molar-refractivity contribution in [2.75, 3.05) is 0 Å². The van der Waals surface area contributed by atoms with Crippen LogP contribution in [0, 0.1) is 11.8 Å². The van der Waals surface area contributed by atoms with E-state index in [4.69, 9.17) is 4.74 Å². The van der Waals surface area contributed by atoms with Gasteiger partial charge < -0.3 is 4.74 Å². The smallest absolute Gasteiger partial charge is 0.309 e. The number of cyclic esters (lactones) is 1. The Kier molecular flexibility index (Phi) is 11.8. The second-order valence-electron chi connectivity index (χ2n) is 11.0. The molecule has 1 aromatic rings. The highest BCUT2D eigenvalue weighted by Gasteiger charge is 2.34. The quantitative estimate of drug-likeness (QED) is 0.195. The molecule has 2 atom stereocenters. The molecular weight excluding hydrogens is 404 g/mol. The van der Waals surface area contributed by atoms with Crippen LogP contribution in [0.1, 0.15) is 153 Å². The molecule has 186 valence electrons. The normalized spacial score (nSPS) is 25.3. The van der Waals surface area contributed by atoms with E-state index in [9.17, 15) is 4.79 Å². The third-order valence-corrected chi connectivity index (χ3v) is 8.34. The van der Waals surface area contributed by atoms with Gasteiger partial charge in [-0.05, 0) is 55.1 Å². The van der Waals surface area contributed by atoms with Crippen LogP contribution >= 0.6 is 0 Å². The first kappa shape index (κ1) is 26.3. The van der Waals surface area contributed by atoms with Crippen LogP contribution in [0.25, 0.3) is 0 Å². The molecule has 2 aliphatic rings. The predicted molar refractivity (Wildman–Crippen MR) is 139 cm³/mol. The lowest BCUT2D eigenvalue weighted by atomic mass is 9.77. The van der Waals surface area contributed by atoms with Crippen LogP contribution in [0.4, 0.5) is 0 Å². The van der Waals surface area contributed by atoms with Gasteiger partial charge in [0.25, 0.3) is 0 Å². The molecule has 2 nitrogen and oxygen atoms in total. The summed E-state index contributed by atoms with van der Waals surface area (Å²) in [5, 5.41) is 0. The zero-order valence-corrected chi connectivity index (χ0v) is 21.7. The van der Waals surface area contributed by atoms with Crippen molar-refractivity contribution in [3.8, 4) is 0 Å². The van der Waals surface area contributed by atoms with Gasteiger partial charge in [-0.2, -0.15) is 0 Å². The molecule has 1 saturated heterocycles. The maximum absolute atomic E-state index is 12.3. The van der Waals surface area contributed by atoms with Crippen LogP contribution in [0.5, 0.6) is 0 Å². The lowest BCUT2D eigenvalue weighted by Gasteiger charge is -2.29. The highest BCUT2D eigenvalue weighted by Crippen LogP contribution is 2.40. The minimum Gasteiger partial charge on any atom is -0.457 e. The fourth-order valence-electron chi connectivity index (χ4n) is 6.05. The van der Waals surface area contributed by atoms with Gasteiger partial charge in [0.05, 0.1) is 5.92 Å². The standard InChI is InChI=1S/C31H50O2/c1-3-5-7-9-11-12-14-25-16-18-26(19-17-25)27-20-22-28(23-21-27)30-24-29(31(32)33-30)15-13-10-8-6-4-2/h20-23,25-26,29-30H,3-19,24H2,1-2H3. The number of carbonyl (C=O) groups is 1. The Bertz CT molecular complexity index is 656. The van der Waals surface area contributed by atoms with Crippen molar-refractivity contribution in [3.63, 3.8) is 0 Å². The molecule has 0 N–H and O–H groups in total. The van der Waals surface area contributed by atoms with E-state index < -0.39 is 0 Å². The summed E-state index contributed by atoms with van der Waals surface area (Å²) in [6.07, 6.45) is 23.6. The largest absolute Gasteiger partial charge is 0.457 e. The topological polar surface area (TPSA) is 26.3 Å². The van der Waals surface area contributed by atoms with Crippen molar-refractivity contribution in [2.24, 2.45) is 11.8 Å². The maximum Gasteiger partial charge on any atom is 0.309 e. The number of ether oxygens (including phenoxy) is 1. The number of hydrogen-bond acceptors (Lipinski definition) is 2. The summed E-state index contributed by atoms with van der Waals surface area (Å²) in [7, 11) is 0. The molecular formula is C31H50O2. The third-order valence-electron chi connectivity index (χ3n) is 8.34. The van der Waals surface area contributed by atoms with Gasteiger partial charge in [-0.3, -0.25) is 4.79 Å². The molecule has 0 bridgehead atoms. The van der Waals surface area contributed by atoms with Gasteiger partial charge in [0.15, 0.2) is 0 Å². The van der Waals surface area contributed by atoms with Crippen LogP contribution in [-0.2, 0) is 9.53 Å². The average Bonchev–Trinajstić information content (AvgIpc) is 3.22. The highest BCUT2D eigenvalue weighted by atomic mass is 16.6. The highest BCUT2D eigenvalue weighted by molar-refractivity contribution is 5.74. The first-order chi connectivity index (χ1) is 16.2. The number of carbonyl (C=O) groups excluding carboxylic acids is 1. The van der Waals surface area contributed by atoms with E-state index in [1.807, 2.05) is 0 Å². The summed E-state index contributed by atoms with van der Waals surface area (Å²) in [5.74, 6) is 1.83. The van der Waals surface area contributed by atoms with Gasteiger partial charge in [0.1, 0.15) is 6.10 Å². The molecule has 2 unspecified atom stereocenters. The molecule has 0 amide bonds. The van der Waals surface area contributed by atoms with E-state index in [1.165, 1.54) is 107 Å². The Morgan fingerprint density at radius 2 is 1.24 bits per heavy atom. The second kappa shape index (κ2) is 14.8. The van der Waals surface area contributed by atoms with E-state index >= 15 is 0 Å². The molecule has 1 aliphatic carbocycles. The number of hydrogen-bond donors (Lipinski definition) is 0. The van der Waals surface area contributed by atoms with Crippen molar-refractivity contribution in [3.05, 3.63) is 35.4 Å². The Balaban J connectivity index is 1.36. The van der Waals surface area contributed by atoms with Gasteiger partial charge >= 0.3 is 5.97 Å². The Labute approximate surface area is 204 Å². The SMILES string of the molecule is CCCCCCCCC1CCC(c2ccc(C3CC(CCCCCCC)C(=O)O3)cc2)CC1. The van der Waals surface area contributed by atoms with Gasteiger partial charge in [0, 0.05) is 6.42 Å². The fraction of sp³-hybridized carbons (Fsp3) is 0.774. The van der Waals surface area contributed by atoms with E-state index in [2.05, 4.69) is 38.1 Å². The molecule has 0 spiro atoms. The Morgan fingerprint density at radius 1 is 0.697 bits per heavy atom. The van der Waals surface area contributed by atoms with Crippen molar-refractivity contribution < 1.29 is 9.53 Å². The fourth-order valence-corrected chi connectivity index (χ4v) is 6.05. The van der Waals surface area contributed by atoms with Crippen molar-refractivity contribution in [1.82, 2.24) is 0 Å². The maximum atomic E-state index is 12.3. The minimum absolute atomic E-state index is 0.0275. The van der Waals surface area contributed by atoms with E-state index in [0.717, 1.165) is 31.1 Å². The second-order valence-corrected chi connectivity index (χ2v) is 11.0. The Hall–Kier alpha value is -1.31. The first-order valence-electron chi connectivity index (χ1n) is 14.5. The molecule has 1 heterocycles. The van der Waals surface area contributed by atoms with E-state index in [-0.39, 0.29) is 18.0 Å². The van der Waals surface area contributed by atoms with E-state index in [1.54, 1.807) is 0 Å². The van der Waals surface area contributed by atoms with E-state index in [0.29, 0.717) is 0 Å². The summed E-state index contributed by atoms with van der Waals surface area (Å²) in [5.41, 5.74) is 2.69. The van der Waals surface area contributed by atoms with Crippen LogP contribution in [-0.4, -0.2) is 5.97 Å². The molecule has 33 heavy (non-hydrogen) atoms. The summed E-state index contributed by atoms with van der Waals surface area (Å²) in [4.78, 5) is 12.3. The number of benzene rings is 1. The molecule has 2 fully saturated rings. The molecule has 1 saturated carbocycles. The first-order valence-corrected chi connectivity index (χ1v) is 14.5. The lowest BCUT2D eigenvalue weighted by molar-refractivity contribution is -0.144. The van der Waals surface area contributed by atoms with Crippen molar-refractivity contribution in [1.29, 1.82) is 0 Å². The number of unbranched alkanes of at least 4 members (excludes halogenated alkanes) is 9. The molecule has 0 radical (unpaired) electrons. The minimum atomic E-state index is -0.0275.